The Hall–Kier alpha value is -1.28. The SMILES string of the molecule is Cc1c(Br)cccc1CNc1ccccc1. The van der Waals surface area contributed by atoms with Crippen molar-refractivity contribution >= 4 is 21.6 Å². The summed E-state index contributed by atoms with van der Waals surface area (Å²) in [5.74, 6) is 0. The lowest BCUT2D eigenvalue weighted by Gasteiger charge is -2.10. The number of halogens is 1. The minimum atomic E-state index is 0.856. The van der Waals surface area contributed by atoms with E-state index < -0.39 is 0 Å². The Morgan fingerprint density at radius 2 is 1.75 bits per heavy atom. The monoisotopic (exact) mass is 275 g/mol. The quantitative estimate of drug-likeness (QED) is 0.877. The fourth-order valence-electron chi connectivity index (χ4n) is 1.60. The molecule has 2 heteroatoms. The van der Waals surface area contributed by atoms with Crippen molar-refractivity contribution in [3.63, 3.8) is 0 Å². The van der Waals surface area contributed by atoms with Crippen molar-refractivity contribution in [3.05, 3.63) is 64.1 Å². The first-order chi connectivity index (χ1) is 7.77. The molecule has 1 nitrogen and oxygen atoms in total. The summed E-state index contributed by atoms with van der Waals surface area (Å²) >= 11 is 3.54. The Morgan fingerprint density at radius 1 is 1.00 bits per heavy atom. The van der Waals surface area contributed by atoms with E-state index in [1.165, 1.54) is 15.6 Å². The molecule has 0 heterocycles. The molecule has 0 aromatic heterocycles. The highest BCUT2D eigenvalue weighted by atomic mass is 79.9. The van der Waals surface area contributed by atoms with Crippen molar-refractivity contribution in [2.75, 3.05) is 5.32 Å². The van der Waals surface area contributed by atoms with Gasteiger partial charge in [0.15, 0.2) is 0 Å². The lowest BCUT2D eigenvalue weighted by Crippen LogP contribution is -2.01. The largest absolute Gasteiger partial charge is 0.381 e. The molecule has 2 aromatic rings. The Morgan fingerprint density at radius 3 is 2.50 bits per heavy atom. The number of para-hydroxylation sites is 1. The molecule has 1 N–H and O–H groups in total. The Bertz CT molecular complexity index is 465. The first kappa shape index (κ1) is 11.2. The highest BCUT2D eigenvalue weighted by Gasteiger charge is 2.00. The van der Waals surface area contributed by atoms with Crippen molar-refractivity contribution in [2.24, 2.45) is 0 Å². The van der Waals surface area contributed by atoms with Crippen LogP contribution in [-0.2, 0) is 6.54 Å². The van der Waals surface area contributed by atoms with Gasteiger partial charge in [0, 0.05) is 16.7 Å². The third-order valence-electron chi connectivity index (χ3n) is 2.64. The van der Waals surface area contributed by atoms with Crippen LogP contribution < -0.4 is 5.32 Å². The summed E-state index contributed by atoms with van der Waals surface area (Å²) in [4.78, 5) is 0. The molecule has 0 spiro atoms. The maximum atomic E-state index is 3.54. The molecule has 0 saturated carbocycles. The van der Waals surface area contributed by atoms with Crippen molar-refractivity contribution in [1.82, 2.24) is 0 Å². The van der Waals surface area contributed by atoms with E-state index >= 15 is 0 Å². The molecular formula is C14H14BrN. The number of anilines is 1. The van der Waals surface area contributed by atoms with E-state index in [-0.39, 0.29) is 0 Å². The van der Waals surface area contributed by atoms with Gasteiger partial charge in [0.2, 0.25) is 0 Å². The Balaban J connectivity index is 2.08. The maximum absolute atomic E-state index is 3.54. The smallest absolute Gasteiger partial charge is 0.0403 e. The third kappa shape index (κ3) is 2.64. The van der Waals surface area contributed by atoms with Crippen molar-refractivity contribution in [1.29, 1.82) is 0 Å². The molecule has 2 aromatic carbocycles. The average molecular weight is 276 g/mol. The molecule has 0 unspecified atom stereocenters. The average Bonchev–Trinajstić information content (AvgIpc) is 2.32. The van der Waals surface area contributed by atoms with Crippen LogP contribution in [0, 0.1) is 6.92 Å². The molecule has 16 heavy (non-hydrogen) atoms. The number of nitrogens with one attached hydrogen (secondary N) is 1. The minimum Gasteiger partial charge on any atom is -0.381 e. The van der Waals surface area contributed by atoms with Gasteiger partial charge in [0.25, 0.3) is 0 Å². The van der Waals surface area contributed by atoms with Crippen LogP contribution in [0.3, 0.4) is 0 Å². The molecular weight excluding hydrogens is 262 g/mol. The molecule has 0 aliphatic rings. The van der Waals surface area contributed by atoms with Crippen LogP contribution >= 0.6 is 15.9 Å². The topological polar surface area (TPSA) is 12.0 Å². The zero-order valence-electron chi connectivity index (χ0n) is 9.20. The van der Waals surface area contributed by atoms with E-state index in [1.807, 2.05) is 18.2 Å². The molecule has 0 atom stereocenters. The minimum absolute atomic E-state index is 0.856. The van der Waals surface area contributed by atoms with E-state index in [0.29, 0.717) is 0 Å². The van der Waals surface area contributed by atoms with Crippen molar-refractivity contribution in [3.8, 4) is 0 Å². The van der Waals surface area contributed by atoms with E-state index in [4.69, 9.17) is 0 Å². The normalized spacial score (nSPS) is 10.1. The fourth-order valence-corrected chi connectivity index (χ4v) is 2.00. The van der Waals surface area contributed by atoms with Crippen molar-refractivity contribution < 1.29 is 0 Å². The number of hydrogen-bond acceptors (Lipinski definition) is 1. The molecule has 0 aliphatic heterocycles. The van der Waals surface area contributed by atoms with Gasteiger partial charge in [-0.15, -0.1) is 0 Å². The van der Waals surface area contributed by atoms with Crippen LogP contribution in [0.15, 0.2) is 53.0 Å². The molecule has 0 radical (unpaired) electrons. The Kier molecular flexibility index (Phi) is 3.62. The third-order valence-corrected chi connectivity index (χ3v) is 3.50. The van der Waals surface area contributed by atoms with E-state index in [0.717, 1.165) is 12.2 Å². The molecule has 2 rings (SSSR count). The van der Waals surface area contributed by atoms with Crippen LogP contribution in [0.1, 0.15) is 11.1 Å². The lowest BCUT2D eigenvalue weighted by atomic mass is 10.1. The van der Waals surface area contributed by atoms with Gasteiger partial charge in [-0.1, -0.05) is 46.3 Å². The van der Waals surface area contributed by atoms with Gasteiger partial charge in [-0.05, 0) is 36.2 Å². The summed E-state index contributed by atoms with van der Waals surface area (Å²) in [6.07, 6.45) is 0. The second-order valence-electron chi connectivity index (χ2n) is 3.74. The summed E-state index contributed by atoms with van der Waals surface area (Å²) in [5, 5.41) is 3.41. The summed E-state index contributed by atoms with van der Waals surface area (Å²) in [6, 6.07) is 16.5. The van der Waals surface area contributed by atoms with Crippen LogP contribution in [0.4, 0.5) is 5.69 Å². The van der Waals surface area contributed by atoms with E-state index in [1.54, 1.807) is 0 Å². The van der Waals surface area contributed by atoms with Gasteiger partial charge >= 0.3 is 0 Å². The summed E-state index contributed by atoms with van der Waals surface area (Å²) in [7, 11) is 0. The maximum Gasteiger partial charge on any atom is 0.0403 e. The van der Waals surface area contributed by atoms with Gasteiger partial charge in [-0.3, -0.25) is 0 Å². The van der Waals surface area contributed by atoms with Gasteiger partial charge in [-0.2, -0.15) is 0 Å². The van der Waals surface area contributed by atoms with Gasteiger partial charge < -0.3 is 5.32 Å². The second kappa shape index (κ2) is 5.17. The number of hydrogen-bond donors (Lipinski definition) is 1. The second-order valence-corrected chi connectivity index (χ2v) is 4.60. The molecule has 0 bridgehead atoms. The van der Waals surface area contributed by atoms with E-state index in [2.05, 4.69) is 58.5 Å². The molecule has 82 valence electrons. The zero-order chi connectivity index (χ0) is 11.4. The molecule has 0 fully saturated rings. The van der Waals surface area contributed by atoms with Crippen LogP contribution in [0.25, 0.3) is 0 Å². The lowest BCUT2D eigenvalue weighted by molar-refractivity contribution is 1.11. The standard InChI is InChI=1S/C14H14BrN/c1-11-12(6-5-9-14(11)15)10-16-13-7-3-2-4-8-13/h2-9,16H,10H2,1H3. The fraction of sp³-hybridized carbons (Fsp3) is 0.143. The predicted octanol–water partition coefficient (Wildman–Crippen LogP) is 4.37. The summed E-state index contributed by atoms with van der Waals surface area (Å²) < 4.78 is 1.17. The van der Waals surface area contributed by atoms with Crippen LogP contribution in [0.5, 0.6) is 0 Å². The van der Waals surface area contributed by atoms with Gasteiger partial charge in [-0.25, -0.2) is 0 Å². The first-order valence-electron chi connectivity index (χ1n) is 5.30. The highest BCUT2D eigenvalue weighted by molar-refractivity contribution is 9.10. The Labute approximate surface area is 105 Å². The number of rotatable bonds is 3. The predicted molar refractivity (Wildman–Crippen MR) is 72.6 cm³/mol. The molecule has 0 saturated heterocycles. The summed E-state index contributed by atoms with van der Waals surface area (Å²) in [6.45, 7) is 2.99. The van der Waals surface area contributed by atoms with E-state index in [9.17, 15) is 0 Å². The highest BCUT2D eigenvalue weighted by Crippen LogP contribution is 2.20. The van der Waals surface area contributed by atoms with Gasteiger partial charge in [0.05, 0.1) is 0 Å². The van der Waals surface area contributed by atoms with Gasteiger partial charge in [0.1, 0.15) is 0 Å². The van der Waals surface area contributed by atoms with Crippen LogP contribution in [0.2, 0.25) is 0 Å². The molecule has 0 aliphatic carbocycles. The van der Waals surface area contributed by atoms with Crippen molar-refractivity contribution in [2.45, 2.75) is 13.5 Å². The van der Waals surface area contributed by atoms with Crippen LogP contribution in [-0.4, -0.2) is 0 Å². The zero-order valence-corrected chi connectivity index (χ0v) is 10.8. The molecule has 0 amide bonds. The summed E-state index contributed by atoms with van der Waals surface area (Å²) in [5.41, 5.74) is 3.77. The first-order valence-corrected chi connectivity index (χ1v) is 6.09. The number of benzene rings is 2.